The molecule has 1 amide bonds. The van der Waals surface area contributed by atoms with Gasteiger partial charge in [0, 0.05) is 13.1 Å². The molecule has 0 saturated carbocycles. The molecule has 5 nitrogen and oxygen atoms in total. The van der Waals surface area contributed by atoms with Gasteiger partial charge in [-0.1, -0.05) is 18.9 Å². The maximum absolute atomic E-state index is 12.6. The molecule has 2 N–H and O–H groups in total. The predicted molar refractivity (Wildman–Crippen MR) is 88.2 cm³/mol. The van der Waals surface area contributed by atoms with Gasteiger partial charge < -0.3 is 20.3 Å². The van der Waals surface area contributed by atoms with Gasteiger partial charge in [0.15, 0.2) is 0 Å². The van der Waals surface area contributed by atoms with E-state index in [2.05, 4.69) is 4.90 Å². The molecule has 2 heterocycles. The molecular formula is C17H25N3O2. The van der Waals surface area contributed by atoms with E-state index in [9.17, 15) is 4.79 Å². The molecule has 1 aromatic rings. The SMILES string of the molecule is CC1CN(CC(=O)N2CCCCCC2)c2c(N)cccc2O1. The fraction of sp³-hybridized carbons (Fsp3) is 0.588. The maximum atomic E-state index is 12.6. The molecule has 0 aromatic heterocycles. The minimum atomic E-state index is 0.0613. The van der Waals surface area contributed by atoms with Crippen LogP contribution in [-0.4, -0.2) is 43.1 Å². The molecule has 3 rings (SSSR count). The third-order valence-corrected chi connectivity index (χ3v) is 4.44. The summed E-state index contributed by atoms with van der Waals surface area (Å²) in [5.41, 5.74) is 7.65. The van der Waals surface area contributed by atoms with Crippen molar-refractivity contribution in [2.45, 2.75) is 38.7 Å². The Bertz CT molecular complexity index is 539. The van der Waals surface area contributed by atoms with Crippen LogP contribution in [0.3, 0.4) is 0 Å². The summed E-state index contributed by atoms with van der Waals surface area (Å²) in [5.74, 6) is 0.979. The second kappa shape index (κ2) is 6.46. The molecule has 2 aliphatic rings. The summed E-state index contributed by atoms with van der Waals surface area (Å²) in [5, 5.41) is 0. The average Bonchev–Trinajstić information content (AvgIpc) is 2.75. The van der Waals surface area contributed by atoms with E-state index >= 15 is 0 Å². The Kier molecular flexibility index (Phi) is 4.41. The third-order valence-electron chi connectivity index (χ3n) is 4.44. The van der Waals surface area contributed by atoms with Gasteiger partial charge in [-0.25, -0.2) is 0 Å². The summed E-state index contributed by atoms with van der Waals surface area (Å²) in [6, 6.07) is 5.67. The van der Waals surface area contributed by atoms with Gasteiger partial charge in [-0.3, -0.25) is 4.79 Å². The predicted octanol–water partition coefficient (Wildman–Crippen LogP) is 2.26. The number of rotatable bonds is 2. The van der Waals surface area contributed by atoms with E-state index in [0.29, 0.717) is 18.8 Å². The summed E-state index contributed by atoms with van der Waals surface area (Å²) in [6.45, 7) is 4.87. The largest absolute Gasteiger partial charge is 0.487 e. The van der Waals surface area contributed by atoms with E-state index in [4.69, 9.17) is 10.5 Å². The number of amides is 1. The normalized spacial score (nSPS) is 21.8. The van der Waals surface area contributed by atoms with Crippen LogP contribution in [0.2, 0.25) is 0 Å². The summed E-state index contributed by atoms with van der Waals surface area (Å²) in [6.07, 6.45) is 4.75. The van der Waals surface area contributed by atoms with Crippen LogP contribution in [0.25, 0.3) is 0 Å². The molecule has 1 atom stereocenters. The van der Waals surface area contributed by atoms with Crippen molar-refractivity contribution in [3.05, 3.63) is 18.2 Å². The Morgan fingerprint density at radius 2 is 2.00 bits per heavy atom. The molecule has 0 spiro atoms. The minimum Gasteiger partial charge on any atom is -0.487 e. The number of hydrogen-bond acceptors (Lipinski definition) is 4. The Balaban J connectivity index is 1.76. The van der Waals surface area contributed by atoms with E-state index < -0.39 is 0 Å². The van der Waals surface area contributed by atoms with Gasteiger partial charge in [0.05, 0.1) is 18.8 Å². The standard InChI is InChI=1S/C17H25N3O2/c1-13-11-20(17-14(18)7-6-8-15(17)22-13)12-16(21)19-9-4-2-3-5-10-19/h6-8,13H,2-5,9-12,18H2,1H3. The van der Waals surface area contributed by atoms with Crippen LogP contribution < -0.4 is 15.4 Å². The molecule has 1 aromatic carbocycles. The van der Waals surface area contributed by atoms with Crippen LogP contribution in [0, 0.1) is 0 Å². The van der Waals surface area contributed by atoms with Gasteiger partial charge in [-0.2, -0.15) is 0 Å². The van der Waals surface area contributed by atoms with E-state index in [0.717, 1.165) is 37.4 Å². The summed E-state index contributed by atoms with van der Waals surface area (Å²) in [7, 11) is 0. The number of hydrogen-bond donors (Lipinski definition) is 1. The highest BCUT2D eigenvalue weighted by molar-refractivity contribution is 5.85. The van der Waals surface area contributed by atoms with Crippen molar-refractivity contribution >= 4 is 17.3 Å². The fourth-order valence-corrected chi connectivity index (χ4v) is 3.36. The van der Waals surface area contributed by atoms with Gasteiger partial charge in [-0.15, -0.1) is 0 Å². The molecule has 0 aliphatic carbocycles. The van der Waals surface area contributed by atoms with Crippen LogP contribution >= 0.6 is 0 Å². The first-order valence-corrected chi connectivity index (χ1v) is 8.23. The van der Waals surface area contributed by atoms with Gasteiger partial charge in [0.2, 0.25) is 5.91 Å². The Labute approximate surface area is 132 Å². The van der Waals surface area contributed by atoms with Crippen molar-refractivity contribution in [3.63, 3.8) is 0 Å². The Morgan fingerprint density at radius 1 is 1.27 bits per heavy atom. The maximum Gasteiger partial charge on any atom is 0.242 e. The second-order valence-electron chi connectivity index (χ2n) is 6.30. The first-order chi connectivity index (χ1) is 10.6. The van der Waals surface area contributed by atoms with Crippen molar-refractivity contribution < 1.29 is 9.53 Å². The number of nitrogen functional groups attached to an aromatic ring is 1. The highest BCUT2D eigenvalue weighted by atomic mass is 16.5. The van der Waals surface area contributed by atoms with Crippen LogP contribution in [0.5, 0.6) is 5.75 Å². The Hall–Kier alpha value is -1.91. The zero-order chi connectivity index (χ0) is 15.5. The lowest BCUT2D eigenvalue weighted by Crippen LogP contribution is -2.46. The van der Waals surface area contributed by atoms with Crippen molar-refractivity contribution in [2.24, 2.45) is 0 Å². The van der Waals surface area contributed by atoms with E-state index in [1.54, 1.807) is 0 Å². The number of nitrogens with two attached hydrogens (primary N) is 1. The van der Waals surface area contributed by atoms with Gasteiger partial charge in [0.25, 0.3) is 0 Å². The topological polar surface area (TPSA) is 58.8 Å². The summed E-state index contributed by atoms with van der Waals surface area (Å²) >= 11 is 0. The van der Waals surface area contributed by atoms with E-state index in [1.165, 1.54) is 12.8 Å². The van der Waals surface area contributed by atoms with Crippen LogP contribution in [-0.2, 0) is 4.79 Å². The lowest BCUT2D eigenvalue weighted by atomic mass is 10.1. The number of likely N-dealkylation sites (tertiary alicyclic amines) is 1. The van der Waals surface area contributed by atoms with Crippen LogP contribution in [0.15, 0.2) is 18.2 Å². The van der Waals surface area contributed by atoms with Crippen LogP contribution in [0.4, 0.5) is 11.4 Å². The number of ether oxygens (including phenoxy) is 1. The number of carbonyl (C=O) groups excluding carboxylic acids is 1. The molecular weight excluding hydrogens is 278 g/mol. The molecule has 1 unspecified atom stereocenters. The first kappa shape index (κ1) is 15.0. The number of nitrogens with zero attached hydrogens (tertiary/aromatic N) is 2. The van der Waals surface area contributed by atoms with Crippen molar-refractivity contribution in [2.75, 3.05) is 36.8 Å². The van der Waals surface area contributed by atoms with Crippen molar-refractivity contribution in [3.8, 4) is 5.75 Å². The fourth-order valence-electron chi connectivity index (χ4n) is 3.36. The number of para-hydroxylation sites is 1. The van der Waals surface area contributed by atoms with Crippen molar-refractivity contribution in [1.82, 2.24) is 4.90 Å². The van der Waals surface area contributed by atoms with Gasteiger partial charge >= 0.3 is 0 Å². The third kappa shape index (κ3) is 3.13. The molecule has 0 bridgehead atoms. The zero-order valence-electron chi connectivity index (χ0n) is 13.3. The summed E-state index contributed by atoms with van der Waals surface area (Å²) in [4.78, 5) is 16.7. The van der Waals surface area contributed by atoms with E-state index in [1.807, 2.05) is 30.0 Å². The number of anilines is 2. The molecule has 1 saturated heterocycles. The summed E-state index contributed by atoms with van der Waals surface area (Å²) < 4.78 is 5.84. The molecule has 22 heavy (non-hydrogen) atoms. The first-order valence-electron chi connectivity index (χ1n) is 8.23. The smallest absolute Gasteiger partial charge is 0.242 e. The van der Waals surface area contributed by atoms with Gasteiger partial charge in [0.1, 0.15) is 17.5 Å². The minimum absolute atomic E-state index is 0.0613. The molecule has 0 radical (unpaired) electrons. The van der Waals surface area contributed by atoms with Crippen LogP contribution in [0.1, 0.15) is 32.6 Å². The molecule has 120 valence electrons. The lowest BCUT2D eigenvalue weighted by Gasteiger charge is -2.36. The Morgan fingerprint density at radius 3 is 2.73 bits per heavy atom. The molecule has 1 fully saturated rings. The number of benzene rings is 1. The van der Waals surface area contributed by atoms with Gasteiger partial charge in [-0.05, 0) is 31.9 Å². The lowest BCUT2D eigenvalue weighted by molar-refractivity contribution is -0.129. The average molecular weight is 303 g/mol. The highest BCUT2D eigenvalue weighted by Crippen LogP contribution is 2.38. The monoisotopic (exact) mass is 303 g/mol. The second-order valence-corrected chi connectivity index (χ2v) is 6.30. The number of fused-ring (bicyclic) bond motifs is 1. The molecule has 5 heteroatoms. The van der Waals surface area contributed by atoms with Crippen molar-refractivity contribution in [1.29, 1.82) is 0 Å². The zero-order valence-corrected chi connectivity index (χ0v) is 13.3. The van der Waals surface area contributed by atoms with E-state index in [-0.39, 0.29) is 12.0 Å². The molecule has 2 aliphatic heterocycles. The number of carbonyl (C=O) groups is 1. The highest BCUT2D eigenvalue weighted by Gasteiger charge is 2.28. The quantitative estimate of drug-likeness (QED) is 0.851.